The third-order valence-electron chi connectivity index (χ3n) is 4.54. The molecule has 1 aliphatic rings. The number of hydrogen-bond donors (Lipinski definition) is 1. The highest BCUT2D eigenvalue weighted by atomic mass is 16.2. The summed E-state index contributed by atoms with van der Waals surface area (Å²) in [6, 6.07) is 15.4. The van der Waals surface area contributed by atoms with Gasteiger partial charge in [-0.25, -0.2) is 0 Å². The lowest BCUT2D eigenvalue weighted by Gasteiger charge is -2.15. The van der Waals surface area contributed by atoms with Crippen molar-refractivity contribution in [1.29, 1.82) is 0 Å². The van der Waals surface area contributed by atoms with Crippen LogP contribution in [0.2, 0.25) is 0 Å². The molecule has 1 aromatic heterocycles. The highest BCUT2D eigenvalue weighted by molar-refractivity contribution is 6.04. The number of aryl methyl sites for hydroxylation is 1. The summed E-state index contributed by atoms with van der Waals surface area (Å²) < 4.78 is 1.91. The number of aromatic nitrogens is 1. The number of nitrogen functional groups attached to an aromatic ring is 1. The van der Waals surface area contributed by atoms with Gasteiger partial charge >= 0.3 is 0 Å². The monoisotopic (exact) mass is 290 g/mol. The van der Waals surface area contributed by atoms with Gasteiger partial charge in [0, 0.05) is 22.3 Å². The molecule has 3 heteroatoms. The molecule has 3 aromatic rings. The van der Waals surface area contributed by atoms with Crippen molar-refractivity contribution in [3.8, 4) is 0 Å². The van der Waals surface area contributed by atoms with E-state index in [1.54, 1.807) is 12.1 Å². The summed E-state index contributed by atoms with van der Waals surface area (Å²) in [5.41, 5.74) is 10.7. The summed E-state index contributed by atoms with van der Waals surface area (Å²) in [5, 5.41) is 1.22. The van der Waals surface area contributed by atoms with Crippen molar-refractivity contribution in [1.82, 2.24) is 4.57 Å². The lowest BCUT2D eigenvalue weighted by Crippen LogP contribution is -2.17. The molecule has 0 bridgehead atoms. The van der Waals surface area contributed by atoms with Crippen molar-refractivity contribution in [2.75, 3.05) is 5.73 Å². The Kier molecular flexibility index (Phi) is 3.00. The van der Waals surface area contributed by atoms with Crippen LogP contribution in [0, 0.1) is 0 Å². The molecule has 22 heavy (non-hydrogen) atoms. The quantitative estimate of drug-likeness (QED) is 0.693. The van der Waals surface area contributed by atoms with Crippen LogP contribution in [-0.4, -0.2) is 10.5 Å². The van der Waals surface area contributed by atoms with Gasteiger partial charge in [0.1, 0.15) is 0 Å². The summed E-state index contributed by atoms with van der Waals surface area (Å²) in [6.45, 7) is 0. The van der Waals surface area contributed by atoms with Crippen molar-refractivity contribution in [3.63, 3.8) is 0 Å². The fraction of sp³-hybridized carbons (Fsp3) is 0.211. The second-order valence-electron chi connectivity index (χ2n) is 5.91. The predicted octanol–water partition coefficient (Wildman–Crippen LogP) is 3.79. The summed E-state index contributed by atoms with van der Waals surface area (Å²) in [4.78, 5) is 13.0. The van der Waals surface area contributed by atoms with Gasteiger partial charge in [-0.1, -0.05) is 18.2 Å². The Bertz CT molecular complexity index is 859. The maximum atomic E-state index is 13.0. The number of carbonyl (C=O) groups excluding carboxylic acids is 1. The smallest absolute Gasteiger partial charge is 0.262 e. The van der Waals surface area contributed by atoms with Crippen LogP contribution in [0.4, 0.5) is 5.69 Å². The number of nitrogens with two attached hydrogens (primary N) is 1. The molecule has 0 radical (unpaired) electrons. The Morgan fingerprint density at radius 3 is 2.50 bits per heavy atom. The van der Waals surface area contributed by atoms with Gasteiger partial charge in [-0.15, -0.1) is 0 Å². The van der Waals surface area contributed by atoms with Crippen molar-refractivity contribution >= 4 is 22.5 Å². The van der Waals surface area contributed by atoms with Crippen LogP contribution in [0.15, 0.2) is 48.5 Å². The van der Waals surface area contributed by atoms with Gasteiger partial charge in [-0.2, -0.15) is 0 Å². The zero-order valence-corrected chi connectivity index (χ0v) is 12.4. The molecule has 2 aromatic carbocycles. The first-order chi connectivity index (χ1) is 10.8. The Morgan fingerprint density at radius 1 is 0.955 bits per heavy atom. The van der Waals surface area contributed by atoms with E-state index < -0.39 is 0 Å². The number of benzene rings is 2. The molecule has 110 valence electrons. The molecule has 1 heterocycles. The van der Waals surface area contributed by atoms with Crippen molar-refractivity contribution < 1.29 is 4.79 Å². The van der Waals surface area contributed by atoms with Gasteiger partial charge in [0.2, 0.25) is 0 Å². The van der Waals surface area contributed by atoms with Crippen LogP contribution in [0.3, 0.4) is 0 Å². The fourth-order valence-corrected chi connectivity index (χ4v) is 3.48. The topological polar surface area (TPSA) is 48.0 Å². The minimum atomic E-state index is 0.0411. The van der Waals surface area contributed by atoms with Gasteiger partial charge in [0.05, 0.1) is 5.52 Å². The predicted molar refractivity (Wildman–Crippen MR) is 89.2 cm³/mol. The maximum absolute atomic E-state index is 13.0. The van der Waals surface area contributed by atoms with E-state index in [1.807, 2.05) is 28.8 Å². The van der Waals surface area contributed by atoms with E-state index in [1.165, 1.54) is 23.1 Å². The van der Waals surface area contributed by atoms with Crippen LogP contribution < -0.4 is 5.73 Å². The fourth-order valence-electron chi connectivity index (χ4n) is 3.48. The molecule has 0 fully saturated rings. The maximum Gasteiger partial charge on any atom is 0.262 e. The summed E-state index contributed by atoms with van der Waals surface area (Å²) >= 11 is 0. The minimum absolute atomic E-state index is 0.0411. The molecule has 2 N–H and O–H groups in total. The largest absolute Gasteiger partial charge is 0.399 e. The van der Waals surface area contributed by atoms with E-state index >= 15 is 0 Å². The molecule has 0 spiro atoms. The molecule has 4 rings (SSSR count). The highest BCUT2D eigenvalue weighted by Crippen LogP contribution is 2.32. The first-order valence-electron chi connectivity index (χ1n) is 7.77. The van der Waals surface area contributed by atoms with Crippen LogP contribution >= 0.6 is 0 Å². The highest BCUT2D eigenvalue weighted by Gasteiger charge is 2.23. The van der Waals surface area contributed by atoms with Gasteiger partial charge in [0.25, 0.3) is 5.91 Å². The van der Waals surface area contributed by atoms with Crippen LogP contribution in [0.25, 0.3) is 10.9 Å². The molecule has 1 aliphatic carbocycles. The van der Waals surface area contributed by atoms with Crippen molar-refractivity contribution in [3.05, 3.63) is 65.4 Å². The zero-order valence-electron chi connectivity index (χ0n) is 12.4. The molecular formula is C19H18N2O. The Labute approximate surface area is 129 Å². The first-order valence-corrected chi connectivity index (χ1v) is 7.77. The molecular weight excluding hydrogens is 272 g/mol. The third-order valence-corrected chi connectivity index (χ3v) is 4.54. The molecule has 0 aliphatic heterocycles. The number of nitrogens with zero attached hydrogens (tertiary/aromatic N) is 1. The normalized spacial score (nSPS) is 14.0. The first kappa shape index (κ1) is 13.1. The van der Waals surface area contributed by atoms with E-state index in [4.69, 9.17) is 5.73 Å². The Balaban J connectivity index is 1.94. The second-order valence-corrected chi connectivity index (χ2v) is 5.91. The SMILES string of the molecule is Nc1ccc(C(=O)n2c3c(c4ccccc42)CCCC3)cc1. The number of rotatable bonds is 1. The van der Waals surface area contributed by atoms with Crippen molar-refractivity contribution in [2.45, 2.75) is 25.7 Å². The summed E-state index contributed by atoms with van der Waals surface area (Å²) in [6.07, 6.45) is 4.40. The number of fused-ring (bicyclic) bond motifs is 3. The number of carbonyl (C=O) groups is 1. The van der Waals surface area contributed by atoms with Crippen LogP contribution in [-0.2, 0) is 12.8 Å². The van der Waals surface area contributed by atoms with E-state index in [0.717, 1.165) is 24.8 Å². The Morgan fingerprint density at radius 2 is 1.68 bits per heavy atom. The van der Waals surface area contributed by atoms with Crippen molar-refractivity contribution in [2.24, 2.45) is 0 Å². The van der Waals surface area contributed by atoms with Gasteiger partial charge in [-0.05, 0) is 61.6 Å². The third kappa shape index (κ3) is 1.93. The average Bonchev–Trinajstić information content (AvgIpc) is 2.89. The van der Waals surface area contributed by atoms with Gasteiger partial charge in [0.15, 0.2) is 0 Å². The number of hydrogen-bond acceptors (Lipinski definition) is 2. The number of anilines is 1. The van der Waals surface area contributed by atoms with Crippen LogP contribution in [0.1, 0.15) is 34.5 Å². The second kappa shape index (κ2) is 5.02. The molecule has 0 saturated carbocycles. The molecule has 0 saturated heterocycles. The summed E-state index contributed by atoms with van der Waals surface area (Å²) in [5.74, 6) is 0.0411. The van der Waals surface area contributed by atoms with E-state index in [9.17, 15) is 4.79 Å². The molecule has 0 atom stereocenters. The van der Waals surface area contributed by atoms with E-state index in [-0.39, 0.29) is 5.91 Å². The van der Waals surface area contributed by atoms with Crippen LogP contribution in [0.5, 0.6) is 0 Å². The van der Waals surface area contributed by atoms with Gasteiger partial charge in [-0.3, -0.25) is 9.36 Å². The Hall–Kier alpha value is -2.55. The molecule has 0 amide bonds. The average molecular weight is 290 g/mol. The minimum Gasteiger partial charge on any atom is -0.399 e. The lowest BCUT2D eigenvalue weighted by atomic mass is 9.95. The van der Waals surface area contributed by atoms with E-state index in [0.29, 0.717) is 11.3 Å². The number of para-hydroxylation sites is 1. The van der Waals surface area contributed by atoms with E-state index in [2.05, 4.69) is 12.1 Å². The summed E-state index contributed by atoms with van der Waals surface area (Å²) in [7, 11) is 0. The molecule has 3 nitrogen and oxygen atoms in total. The van der Waals surface area contributed by atoms with Gasteiger partial charge < -0.3 is 5.73 Å². The molecule has 0 unspecified atom stereocenters. The zero-order chi connectivity index (χ0) is 15.1. The standard InChI is InChI=1S/C19H18N2O/c20-14-11-9-13(10-12-14)19(22)21-17-7-3-1-5-15(17)16-6-2-4-8-18(16)21/h1,3,5,7,9-12H,2,4,6,8,20H2. The lowest BCUT2D eigenvalue weighted by molar-refractivity contribution is 0.0961.